The first-order chi connectivity index (χ1) is 15.9. The Balaban J connectivity index is 1.62. The molecule has 4 rings (SSSR count). The van der Waals surface area contributed by atoms with Crippen molar-refractivity contribution in [2.45, 2.75) is 47.9 Å². The van der Waals surface area contributed by atoms with Gasteiger partial charge in [-0.05, 0) is 62.1 Å². The number of hydrogen-bond acceptors (Lipinski definition) is 4. The van der Waals surface area contributed by atoms with E-state index in [-0.39, 0.29) is 33.0 Å². The number of anilines is 1. The first-order valence-corrected chi connectivity index (χ1v) is 12.7. The molecule has 34 heavy (non-hydrogen) atoms. The number of benzene rings is 2. The highest BCUT2D eigenvalue weighted by molar-refractivity contribution is 7.92. The van der Waals surface area contributed by atoms with E-state index >= 15 is 0 Å². The molecule has 5 nitrogen and oxygen atoms in total. The van der Waals surface area contributed by atoms with E-state index < -0.39 is 44.0 Å². The van der Waals surface area contributed by atoms with Gasteiger partial charge in [0.05, 0.1) is 20.8 Å². The number of hydrogen-bond donors (Lipinski definition) is 2. The molecule has 4 atom stereocenters. The Bertz CT molecular complexity index is 1230. The van der Waals surface area contributed by atoms with Gasteiger partial charge in [0.25, 0.3) is 5.91 Å². The molecule has 2 aliphatic carbocycles. The van der Waals surface area contributed by atoms with Crippen molar-refractivity contribution >= 4 is 33.0 Å². The molecule has 0 heterocycles. The molecule has 2 aromatic rings. The molecule has 2 bridgehead atoms. The van der Waals surface area contributed by atoms with E-state index in [9.17, 15) is 31.5 Å². The number of fused-ring (bicyclic) bond motifs is 2. The number of carbonyl (C=O) groups is 1. The minimum Gasteiger partial charge on any atom is -0.390 e. The Morgan fingerprint density at radius 3 is 2.29 bits per heavy atom. The van der Waals surface area contributed by atoms with E-state index in [0.717, 1.165) is 6.07 Å². The molecule has 3 unspecified atom stereocenters. The first-order valence-electron chi connectivity index (χ1n) is 10.8. The Hall–Kier alpha value is -2.36. The summed E-state index contributed by atoms with van der Waals surface area (Å²) in [5.41, 5.74) is -1.41. The lowest BCUT2D eigenvalue weighted by Crippen LogP contribution is -2.45. The van der Waals surface area contributed by atoms with Crippen LogP contribution in [0.4, 0.5) is 18.9 Å². The van der Waals surface area contributed by atoms with Crippen LogP contribution in [0.15, 0.2) is 47.9 Å². The fourth-order valence-corrected chi connectivity index (χ4v) is 8.26. The average molecular weight is 514 g/mol. The third-order valence-electron chi connectivity index (χ3n) is 6.75. The predicted molar refractivity (Wildman–Crippen MR) is 122 cm³/mol. The number of halogens is 4. The van der Waals surface area contributed by atoms with Crippen LogP contribution < -0.4 is 5.32 Å². The Kier molecular flexibility index (Phi) is 6.56. The molecule has 2 saturated carbocycles. The summed E-state index contributed by atoms with van der Waals surface area (Å²) < 4.78 is 67.4. The lowest BCUT2D eigenvalue weighted by Gasteiger charge is -2.40. The second kappa shape index (κ2) is 9.02. The smallest absolute Gasteiger partial charge is 0.255 e. The summed E-state index contributed by atoms with van der Waals surface area (Å²) in [6, 6.07) is 4.93. The van der Waals surface area contributed by atoms with Gasteiger partial charge in [-0.1, -0.05) is 17.7 Å². The lowest BCUT2D eigenvalue weighted by molar-refractivity contribution is -0.0161. The maximum atomic E-state index is 13.6. The molecule has 10 heteroatoms. The van der Waals surface area contributed by atoms with Crippen LogP contribution in [0.25, 0.3) is 0 Å². The highest BCUT2D eigenvalue weighted by Crippen LogP contribution is 2.52. The van der Waals surface area contributed by atoms with Crippen LogP contribution in [0, 0.1) is 29.3 Å². The lowest BCUT2D eigenvalue weighted by atomic mass is 9.75. The zero-order chi connectivity index (χ0) is 24.8. The highest BCUT2D eigenvalue weighted by atomic mass is 35.5. The number of amides is 1. The van der Waals surface area contributed by atoms with Gasteiger partial charge >= 0.3 is 0 Å². The molecule has 0 aliphatic heterocycles. The van der Waals surface area contributed by atoms with E-state index in [2.05, 4.69) is 11.9 Å². The summed E-state index contributed by atoms with van der Waals surface area (Å²) in [4.78, 5) is 12.4. The third-order valence-corrected chi connectivity index (χ3v) is 9.62. The Morgan fingerprint density at radius 1 is 1.15 bits per heavy atom. The van der Waals surface area contributed by atoms with Gasteiger partial charge in [0, 0.05) is 23.4 Å². The molecule has 2 aromatic carbocycles. The van der Waals surface area contributed by atoms with Crippen LogP contribution in [0.2, 0.25) is 5.02 Å². The molecule has 0 radical (unpaired) electrons. The second-order valence-electron chi connectivity index (χ2n) is 9.09. The molecule has 0 saturated heterocycles. The molecule has 0 aromatic heterocycles. The number of carbonyl (C=O) groups excluding carboxylic acids is 1. The predicted octanol–water partition coefficient (Wildman–Crippen LogP) is 5.28. The zero-order valence-electron chi connectivity index (χ0n) is 18.0. The summed E-state index contributed by atoms with van der Waals surface area (Å²) in [5.74, 6) is -5.97. The maximum absolute atomic E-state index is 13.6. The average Bonchev–Trinajstić information content (AvgIpc) is 3.05. The standard InChI is InChI=1S/C24H23ClF3NO4S/c1-2-7-24(31)11-14-3-4-15(12-24)22(14)34(32,33)20-8-13(5-6-17(20)25)23(30)29-16-9-18(26)21(28)19(27)10-16/h2,5-6,8-10,14-15,22,31H,1,3-4,7,11-12H2,(H,29,30)/t14-,15?,22?,24?/m0/s1. The SMILES string of the molecule is C=CCC1(O)CC2CC[C@@H](C1)C2S(=O)(=O)c1cc(C(=O)Nc2cc(F)c(F)c(F)c2)ccc1Cl. The molecule has 0 spiro atoms. The van der Waals surface area contributed by atoms with Crippen molar-refractivity contribution in [1.29, 1.82) is 0 Å². The van der Waals surface area contributed by atoms with Crippen LogP contribution in [-0.2, 0) is 9.84 Å². The molecule has 182 valence electrons. The van der Waals surface area contributed by atoms with Crippen molar-refractivity contribution in [3.8, 4) is 0 Å². The van der Waals surface area contributed by atoms with E-state index in [4.69, 9.17) is 11.6 Å². The van der Waals surface area contributed by atoms with E-state index in [0.29, 0.717) is 44.2 Å². The number of sulfone groups is 1. The van der Waals surface area contributed by atoms with Gasteiger partial charge in [0.1, 0.15) is 0 Å². The van der Waals surface area contributed by atoms with Gasteiger partial charge in [-0.2, -0.15) is 0 Å². The summed E-state index contributed by atoms with van der Waals surface area (Å²) in [5, 5.41) is 12.3. The van der Waals surface area contributed by atoms with Crippen molar-refractivity contribution in [3.63, 3.8) is 0 Å². The quantitative estimate of drug-likeness (QED) is 0.406. The Morgan fingerprint density at radius 2 is 1.74 bits per heavy atom. The minimum absolute atomic E-state index is 0.0539. The topological polar surface area (TPSA) is 83.5 Å². The maximum Gasteiger partial charge on any atom is 0.255 e. The van der Waals surface area contributed by atoms with Gasteiger partial charge in [-0.25, -0.2) is 21.6 Å². The largest absolute Gasteiger partial charge is 0.390 e. The second-order valence-corrected chi connectivity index (χ2v) is 11.6. The molecule has 1 amide bonds. The molecule has 2 aliphatic rings. The van der Waals surface area contributed by atoms with Crippen molar-refractivity contribution in [2.24, 2.45) is 11.8 Å². The summed E-state index contributed by atoms with van der Waals surface area (Å²) in [7, 11) is -3.96. The highest BCUT2D eigenvalue weighted by Gasteiger charge is 2.53. The minimum atomic E-state index is -3.96. The van der Waals surface area contributed by atoms with E-state index in [1.807, 2.05) is 0 Å². The zero-order valence-corrected chi connectivity index (χ0v) is 19.6. The number of nitrogens with one attached hydrogen (secondary N) is 1. The number of rotatable bonds is 6. The van der Waals surface area contributed by atoms with Crippen molar-refractivity contribution in [3.05, 3.63) is 71.0 Å². The van der Waals surface area contributed by atoms with Gasteiger partial charge < -0.3 is 10.4 Å². The van der Waals surface area contributed by atoms with Crippen molar-refractivity contribution < 1.29 is 31.5 Å². The van der Waals surface area contributed by atoms with Gasteiger partial charge in [-0.3, -0.25) is 4.79 Å². The van der Waals surface area contributed by atoms with Crippen molar-refractivity contribution in [1.82, 2.24) is 0 Å². The van der Waals surface area contributed by atoms with Crippen LogP contribution in [0.3, 0.4) is 0 Å². The molecule has 2 fully saturated rings. The van der Waals surface area contributed by atoms with Crippen molar-refractivity contribution in [2.75, 3.05) is 5.32 Å². The summed E-state index contributed by atoms with van der Waals surface area (Å²) in [6.07, 6.45) is 4.00. The van der Waals surface area contributed by atoms with E-state index in [1.54, 1.807) is 6.08 Å². The summed E-state index contributed by atoms with van der Waals surface area (Å²) >= 11 is 6.23. The third kappa shape index (κ3) is 4.48. The van der Waals surface area contributed by atoms with Gasteiger partial charge in [0.15, 0.2) is 27.3 Å². The van der Waals surface area contributed by atoms with Crippen LogP contribution in [-0.4, -0.2) is 30.3 Å². The van der Waals surface area contributed by atoms with Gasteiger partial charge in [-0.15, -0.1) is 6.58 Å². The Labute approximate surface area is 200 Å². The fraction of sp³-hybridized carbons (Fsp3) is 0.375. The normalized spacial score (nSPS) is 26.3. The summed E-state index contributed by atoms with van der Waals surface area (Å²) in [6.45, 7) is 3.67. The van der Waals surface area contributed by atoms with Gasteiger partial charge in [0.2, 0.25) is 0 Å². The fourth-order valence-electron chi connectivity index (χ4n) is 5.42. The number of aliphatic hydroxyl groups is 1. The first kappa shape index (κ1) is 24.8. The van der Waals surface area contributed by atoms with Crippen LogP contribution >= 0.6 is 11.6 Å². The molecular formula is C24H23ClF3NO4S. The monoisotopic (exact) mass is 513 g/mol. The van der Waals surface area contributed by atoms with Crippen LogP contribution in [0.1, 0.15) is 42.5 Å². The molecular weight excluding hydrogens is 491 g/mol. The molecule has 2 N–H and O–H groups in total. The van der Waals surface area contributed by atoms with Crippen LogP contribution in [0.5, 0.6) is 0 Å². The van der Waals surface area contributed by atoms with E-state index in [1.165, 1.54) is 12.1 Å².